The van der Waals surface area contributed by atoms with Gasteiger partial charge in [0.05, 0.1) is 18.3 Å². The second-order valence-electron chi connectivity index (χ2n) is 7.91. The number of hydrogen-bond donors (Lipinski definition) is 0. The smallest absolute Gasteiger partial charge is 0.326 e. The van der Waals surface area contributed by atoms with Crippen molar-refractivity contribution < 1.29 is 9.53 Å². The molecule has 0 bridgehead atoms. The van der Waals surface area contributed by atoms with Crippen LogP contribution >= 0.6 is 11.3 Å². The topological polar surface area (TPSA) is 61.2 Å². The third-order valence-corrected chi connectivity index (χ3v) is 6.55. The molecule has 0 aliphatic carbocycles. The first-order valence-electron chi connectivity index (χ1n) is 11.0. The molecule has 0 saturated heterocycles. The summed E-state index contributed by atoms with van der Waals surface area (Å²) in [6.45, 7) is 0.101. The van der Waals surface area contributed by atoms with Crippen molar-refractivity contribution in [3.63, 3.8) is 0 Å². The summed E-state index contributed by atoms with van der Waals surface area (Å²) >= 11 is 1.42. The number of benzene rings is 3. The first-order chi connectivity index (χ1) is 16.7. The summed E-state index contributed by atoms with van der Waals surface area (Å²) in [6.07, 6.45) is 2.05. The molecular weight excluding hydrogens is 444 g/mol. The third-order valence-electron chi connectivity index (χ3n) is 5.66. The highest BCUT2D eigenvalue weighted by Crippen LogP contribution is 2.32. The van der Waals surface area contributed by atoms with Gasteiger partial charge in [-0.25, -0.2) is 4.98 Å². The zero-order chi connectivity index (χ0) is 23.3. The highest BCUT2D eigenvalue weighted by molar-refractivity contribution is 7.17. The number of carbonyl (C=O) groups is 1. The lowest BCUT2D eigenvalue weighted by Crippen LogP contribution is -2.26. The molecule has 0 aliphatic heterocycles. The largest absolute Gasteiger partial charge is 0.464 e. The van der Waals surface area contributed by atoms with Gasteiger partial charge in [0.2, 0.25) is 0 Å². The first-order valence-corrected chi connectivity index (χ1v) is 11.9. The molecule has 6 heteroatoms. The van der Waals surface area contributed by atoms with Gasteiger partial charge in [-0.3, -0.25) is 14.2 Å². The van der Waals surface area contributed by atoms with Gasteiger partial charge in [-0.1, -0.05) is 84.9 Å². The molecule has 0 amide bonds. The Bertz CT molecular complexity index is 1470. The van der Waals surface area contributed by atoms with E-state index < -0.39 is 5.97 Å². The summed E-state index contributed by atoms with van der Waals surface area (Å²) in [5.74, 6) is -0.455. The van der Waals surface area contributed by atoms with E-state index in [9.17, 15) is 9.59 Å². The minimum Gasteiger partial charge on any atom is -0.464 e. The van der Waals surface area contributed by atoms with Crippen LogP contribution in [0.5, 0.6) is 0 Å². The van der Waals surface area contributed by atoms with E-state index in [1.807, 2.05) is 78.2 Å². The molecule has 168 valence electrons. The van der Waals surface area contributed by atoms with Crippen LogP contribution in [0.1, 0.15) is 5.56 Å². The lowest BCUT2D eigenvalue weighted by atomic mass is 10.0. The van der Waals surface area contributed by atoms with Crippen LogP contribution in [-0.2, 0) is 22.5 Å². The number of nitrogens with zero attached hydrogens (tertiary/aromatic N) is 2. The average molecular weight is 467 g/mol. The van der Waals surface area contributed by atoms with Crippen molar-refractivity contribution >= 4 is 27.5 Å². The fourth-order valence-corrected chi connectivity index (χ4v) is 4.78. The van der Waals surface area contributed by atoms with Gasteiger partial charge < -0.3 is 4.74 Å². The predicted octanol–water partition coefficient (Wildman–Crippen LogP) is 5.58. The van der Waals surface area contributed by atoms with Gasteiger partial charge in [0, 0.05) is 17.4 Å². The van der Waals surface area contributed by atoms with Crippen LogP contribution < -0.4 is 5.56 Å². The van der Waals surface area contributed by atoms with Crippen LogP contribution in [0.3, 0.4) is 0 Å². The number of carbonyl (C=O) groups excluding carboxylic acids is 1. The molecule has 3 aromatic carbocycles. The van der Waals surface area contributed by atoms with Crippen LogP contribution in [0.2, 0.25) is 0 Å². The quantitative estimate of drug-likeness (QED) is 0.294. The predicted molar refractivity (Wildman–Crippen MR) is 136 cm³/mol. The molecule has 34 heavy (non-hydrogen) atoms. The Morgan fingerprint density at radius 2 is 1.50 bits per heavy atom. The number of esters is 1. The van der Waals surface area contributed by atoms with Crippen LogP contribution in [-0.4, -0.2) is 22.1 Å². The van der Waals surface area contributed by atoms with Crippen molar-refractivity contribution in [2.24, 2.45) is 0 Å². The standard InChI is InChI=1S/C28H22N2O3S/c31-25(33-16-15-20-7-3-1-4-8-20)17-30-19-29-27-26(28(30)32)24(18-34-27)23-13-11-22(12-14-23)21-9-5-2-6-10-21/h1-14,18-19H,15-17H2. The number of hydrogen-bond acceptors (Lipinski definition) is 5. The van der Waals surface area contributed by atoms with Crippen LogP contribution in [0.15, 0.2) is 101 Å². The van der Waals surface area contributed by atoms with E-state index in [1.165, 1.54) is 22.2 Å². The van der Waals surface area contributed by atoms with E-state index >= 15 is 0 Å². The van der Waals surface area contributed by atoms with Gasteiger partial charge in [-0.15, -0.1) is 11.3 Å². The van der Waals surface area contributed by atoms with Crippen LogP contribution in [0, 0.1) is 0 Å². The van der Waals surface area contributed by atoms with Gasteiger partial charge >= 0.3 is 5.97 Å². The van der Waals surface area contributed by atoms with E-state index in [0.717, 1.165) is 27.8 Å². The highest BCUT2D eigenvalue weighted by atomic mass is 32.1. The molecule has 0 unspecified atom stereocenters. The Morgan fingerprint density at radius 1 is 0.853 bits per heavy atom. The Hall–Kier alpha value is -4.03. The molecular formula is C28H22N2O3S. The van der Waals surface area contributed by atoms with Crippen molar-refractivity contribution in [1.82, 2.24) is 9.55 Å². The SMILES string of the molecule is O=C(Cn1cnc2scc(-c3ccc(-c4ccccc4)cc3)c2c1=O)OCCc1ccccc1. The maximum atomic E-state index is 13.2. The summed E-state index contributed by atoms with van der Waals surface area (Å²) in [5, 5.41) is 2.47. The number of thiophene rings is 1. The first kappa shape index (κ1) is 21.8. The minimum atomic E-state index is -0.455. The van der Waals surface area contributed by atoms with E-state index in [4.69, 9.17) is 4.74 Å². The van der Waals surface area contributed by atoms with Gasteiger partial charge in [-0.2, -0.15) is 0 Å². The summed E-state index contributed by atoms with van der Waals surface area (Å²) < 4.78 is 6.67. The molecule has 0 atom stereocenters. The molecule has 0 fully saturated rings. The van der Waals surface area contributed by atoms with Crippen molar-refractivity contribution in [3.05, 3.63) is 113 Å². The van der Waals surface area contributed by atoms with Crippen molar-refractivity contribution in [2.45, 2.75) is 13.0 Å². The van der Waals surface area contributed by atoms with E-state index in [1.54, 1.807) is 0 Å². The van der Waals surface area contributed by atoms with Gasteiger partial charge in [0.1, 0.15) is 11.4 Å². The molecule has 0 saturated carbocycles. The summed E-state index contributed by atoms with van der Waals surface area (Å²) in [7, 11) is 0. The van der Waals surface area contributed by atoms with Crippen molar-refractivity contribution in [3.8, 4) is 22.3 Å². The average Bonchev–Trinajstić information content (AvgIpc) is 3.32. The molecule has 0 N–H and O–H groups in total. The van der Waals surface area contributed by atoms with Gasteiger partial charge in [0.15, 0.2) is 0 Å². The van der Waals surface area contributed by atoms with E-state index in [2.05, 4.69) is 17.1 Å². The second kappa shape index (κ2) is 9.85. The van der Waals surface area contributed by atoms with Gasteiger partial charge in [-0.05, 0) is 22.3 Å². The molecule has 5 aromatic rings. The van der Waals surface area contributed by atoms with E-state index in [0.29, 0.717) is 16.6 Å². The zero-order valence-electron chi connectivity index (χ0n) is 18.4. The third kappa shape index (κ3) is 4.67. The number of fused-ring (bicyclic) bond motifs is 1. The summed E-state index contributed by atoms with van der Waals surface area (Å²) in [5.41, 5.74) is 4.86. The normalized spacial score (nSPS) is 10.9. The molecule has 0 spiro atoms. The number of aromatic nitrogens is 2. The fraction of sp³-hybridized carbons (Fsp3) is 0.107. The monoisotopic (exact) mass is 466 g/mol. The Balaban J connectivity index is 1.34. The minimum absolute atomic E-state index is 0.168. The Kier molecular flexibility index (Phi) is 6.31. The Labute approximate surface area is 200 Å². The fourth-order valence-electron chi connectivity index (χ4n) is 3.88. The zero-order valence-corrected chi connectivity index (χ0v) is 19.2. The highest BCUT2D eigenvalue weighted by Gasteiger charge is 2.15. The maximum Gasteiger partial charge on any atom is 0.326 e. The molecule has 0 radical (unpaired) electrons. The lowest BCUT2D eigenvalue weighted by molar-refractivity contribution is -0.144. The molecule has 2 heterocycles. The number of rotatable bonds is 7. The Morgan fingerprint density at radius 3 is 2.24 bits per heavy atom. The lowest BCUT2D eigenvalue weighted by Gasteiger charge is -2.08. The maximum absolute atomic E-state index is 13.2. The molecule has 2 aromatic heterocycles. The number of ether oxygens (including phenoxy) is 1. The second-order valence-corrected chi connectivity index (χ2v) is 8.76. The van der Waals surface area contributed by atoms with Gasteiger partial charge in [0.25, 0.3) is 5.56 Å². The molecule has 5 rings (SSSR count). The van der Waals surface area contributed by atoms with Crippen LogP contribution in [0.4, 0.5) is 0 Å². The summed E-state index contributed by atoms with van der Waals surface area (Å²) in [6, 6.07) is 28.1. The summed E-state index contributed by atoms with van der Waals surface area (Å²) in [4.78, 5) is 30.6. The van der Waals surface area contributed by atoms with Crippen molar-refractivity contribution in [2.75, 3.05) is 6.61 Å². The van der Waals surface area contributed by atoms with Crippen LogP contribution in [0.25, 0.3) is 32.5 Å². The molecule has 0 aliphatic rings. The molecule has 5 nitrogen and oxygen atoms in total. The van der Waals surface area contributed by atoms with E-state index in [-0.39, 0.29) is 18.7 Å². The van der Waals surface area contributed by atoms with Crippen molar-refractivity contribution in [1.29, 1.82) is 0 Å².